The van der Waals surface area contributed by atoms with Gasteiger partial charge in [0, 0.05) is 5.56 Å². The lowest BCUT2D eigenvalue weighted by Crippen LogP contribution is -2.19. The largest absolute Gasteiger partial charge is 0.507 e. The summed E-state index contributed by atoms with van der Waals surface area (Å²) in [5, 5.41) is 13.3. The summed E-state index contributed by atoms with van der Waals surface area (Å²) in [7, 11) is 1.20. The molecule has 1 aromatic carbocycles. The number of phenolic OH excluding ortho intramolecular Hbond substituents is 1. The molecule has 17 heavy (non-hydrogen) atoms. The van der Waals surface area contributed by atoms with E-state index in [1.807, 2.05) is 0 Å². The van der Waals surface area contributed by atoms with E-state index in [0.29, 0.717) is 12.1 Å². The van der Waals surface area contributed by atoms with Crippen LogP contribution < -0.4 is 5.43 Å². The smallest absolute Gasteiger partial charge is 0.427 e. The van der Waals surface area contributed by atoms with Gasteiger partial charge in [0.2, 0.25) is 0 Å². The van der Waals surface area contributed by atoms with E-state index in [9.17, 15) is 14.3 Å². The second kappa shape index (κ2) is 5.83. The van der Waals surface area contributed by atoms with Crippen molar-refractivity contribution < 1.29 is 19.0 Å². The second-order valence-electron chi connectivity index (χ2n) is 3.18. The van der Waals surface area contributed by atoms with Gasteiger partial charge in [-0.2, -0.15) is 5.10 Å². The molecule has 6 heteroatoms. The normalized spacial score (nSPS) is 11.1. The molecule has 1 rings (SSSR count). The number of rotatable bonds is 3. The van der Waals surface area contributed by atoms with Crippen LogP contribution in [0.3, 0.4) is 0 Å². The molecule has 1 amide bonds. The SMILES string of the molecule is CC/C(=N\NC(=O)OC)c1cc(F)ccc1O. The molecule has 0 aliphatic carbocycles. The third kappa shape index (κ3) is 3.44. The summed E-state index contributed by atoms with van der Waals surface area (Å²) in [5.41, 5.74) is 2.72. The number of hydrogen-bond donors (Lipinski definition) is 2. The summed E-state index contributed by atoms with van der Waals surface area (Å²) in [6, 6.07) is 3.52. The summed E-state index contributed by atoms with van der Waals surface area (Å²) in [6.45, 7) is 1.77. The van der Waals surface area contributed by atoms with Crippen molar-refractivity contribution in [1.29, 1.82) is 0 Å². The molecule has 0 saturated heterocycles. The molecule has 5 nitrogen and oxygen atoms in total. The van der Waals surface area contributed by atoms with E-state index in [1.165, 1.54) is 13.2 Å². The van der Waals surface area contributed by atoms with Crippen LogP contribution in [-0.4, -0.2) is 24.0 Å². The van der Waals surface area contributed by atoms with Crippen molar-refractivity contribution in [3.05, 3.63) is 29.6 Å². The minimum absolute atomic E-state index is 0.0985. The molecule has 0 atom stereocenters. The number of phenols is 1. The minimum Gasteiger partial charge on any atom is -0.507 e. The van der Waals surface area contributed by atoms with Gasteiger partial charge in [0.25, 0.3) is 0 Å². The molecule has 0 radical (unpaired) electrons. The van der Waals surface area contributed by atoms with Gasteiger partial charge >= 0.3 is 6.09 Å². The first-order chi connectivity index (χ1) is 8.08. The topological polar surface area (TPSA) is 70.9 Å². The fraction of sp³-hybridized carbons (Fsp3) is 0.273. The second-order valence-corrected chi connectivity index (χ2v) is 3.18. The number of benzene rings is 1. The number of aromatic hydroxyl groups is 1. The summed E-state index contributed by atoms with van der Waals surface area (Å²) in [5.74, 6) is -0.587. The quantitative estimate of drug-likeness (QED) is 0.627. The van der Waals surface area contributed by atoms with E-state index in [-0.39, 0.29) is 11.3 Å². The van der Waals surface area contributed by atoms with Crippen LogP contribution in [0.1, 0.15) is 18.9 Å². The van der Waals surface area contributed by atoms with Crippen LogP contribution in [0.4, 0.5) is 9.18 Å². The van der Waals surface area contributed by atoms with Crippen LogP contribution in [0.15, 0.2) is 23.3 Å². The lowest BCUT2D eigenvalue weighted by molar-refractivity contribution is 0.171. The van der Waals surface area contributed by atoms with Gasteiger partial charge in [-0.15, -0.1) is 0 Å². The molecule has 0 fully saturated rings. The fourth-order valence-electron chi connectivity index (χ4n) is 1.23. The highest BCUT2D eigenvalue weighted by atomic mass is 19.1. The van der Waals surface area contributed by atoms with Crippen LogP contribution in [0.5, 0.6) is 5.75 Å². The molecule has 0 saturated carbocycles. The number of halogens is 1. The monoisotopic (exact) mass is 240 g/mol. The molecule has 2 N–H and O–H groups in total. The first kappa shape index (κ1) is 13.0. The number of carbonyl (C=O) groups is 1. The zero-order chi connectivity index (χ0) is 12.8. The molecule has 92 valence electrons. The van der Waals surface area contributed by atoms with E-state index in [4.69, 9.17) is 0 Å². The summed E-state index contributed by atoms with van der Waals surface area (Å²) < 4.78 is 17.4. The number of methoxy groups -OCH3 is 1. The Morgan fingerprint density at radius 2 is 2.29 bits per heavy atom. The maximum atomic E-state index is 13.0. The fourth-order valence-corrected chi connectivity index (χ4v) is 1.23. The number of amides is 1. The van der Waals surface area contributed by atoms with Crippen molar-refractivity contribution in [3.8, 4) is 5.75 Å². The number of carbonyl (C=O) groups excluding carboxylic acids is 1. The Balaban J connectivity index is 3.00. The number of nitrogens with zero attached hydrogens (tertiary/aromatic N) is 1. The average molecular weight is 240 g/mol. The predicted octanol–water partition coefficient (Wildman–Crippen LogP) is 2.00. The average Bonchev–Trinajstić information content (AvgIpc) is 2.33. The zero-order valence-electron chi connectivity index (χ0n) is 9.53. The van der Waals surface area contributed by atoms with Gasteiger partial charge in [-0.05, 0) is 24.6 Å². The highest BCUT2D eigenvalue weighted by Crippen LogP contribution is 2.19. The first-order valence-electron chi connectivity index (χ1n) is 4.97. The van der Waals surface area contributed by atoms with E-state index in [1.54, 1.807) is 6.92 Å². The van der Waals surface area contributed by atoms with Crippen molar-refractivity contribution >= 4 is 11.8 Å². The van der Waals surface area contributed by atoms with E-state index in [0.717, 1.165) is 12.1 Å². The maximum Gasteiger partial charge on any atom is 0.427 e. The standard InChI is InChI=1S/C11H13FN2O3/c1-3-9(13-14-11(16)17-2)8-6-7(12)4-5-10(8)15/h4-6,15H,3H2,1-2H3,(H,14,16)/b13-9+. The lowest BCUT2D eigenvalue weighted by atomic mass is 10.1. The highest BCUT2D eigenvalue weighted by Gasteiger charge is 2.09. The molecule has 0 aromatic heterocycles. The third-order valence-electron chi connectivity index (χ3n) is 2.07. The zero-order valence-corrected chi connectivity index (χ0v) is 9.53. The molecule has 0 bridgehead atoms. The van der Waals surface area contributed by atoms with Gasteiger partial charge in [-0.3, -0.25) is 0 Å². The number of nitrogens with one attached hydrogen (secondary N) is 1. The number of hydrazone groups is 1. The van der Waals surface area contributed by atoms with Gasteiger partial charge in [0.15, 0.2) is 0 Å². The van der Waals surface area contributed by atoms with Crippen molar-refractivity contribution in [3.63, 3.8) is 0 Å². The van der Waals surface area contributed by atoms with Gasteiger partial charge in [0.05, 0.1) is 12.8 Å². The van der Waals surface area contributed by atoms with Crippen LogP contribution in [0.2, 0.25) is 0 Å². The molecule has 0 spiro atoms. The first-order valence-corrected chi connectivity index (χ1v) is 4.97. The molecular weight excluding hydrogens is 227 g/mol. The Hall–Kier alpha value is -2.11. The molecule has 0 aliphatic rings. The Kier molecular flexibility index (Phi) is 4.45. The molecule has 0 unspecified atom stereocenters. The molecule has 0 aliphatic heterocycles. The van der Waals surface area contributed by atoms with E-state index in [2.05, 4.69) is 15.3 Å². The number of ether oxygens (including phenoxy) is 1. The van der Waals surface area contributed by atoms with Crippen molar-refractivity contribution in [2.24, 2.45) is 5.10 Å². The van der Waals surface area contributed by atoms with Crippen molar-refractivity contribution in [2.75, 3.05) is 7.11 Å². The van der Waals surface area contributed by atoms with Crippen LogP contribution in [0.25, 0.3) is 0 Å². The minimum atomic E-state index is -0.730. The van der Waals surface area contributed by atoms with Crippen LogP contribution >= 0.6 is 0 Å². The van der Waals surface area contributed by atoms with Crippen LogP contribution in [0, 0.1) is 5.82 Å². The Bertz CT molecular complexity index is 446. The van der Waals surface area contributed by atoms with Gasteiger partial charge in [-0.25, -0.2) is 14.6 Å². The van der Waals surface area contributed by atoms with Gasteiger partial charge in [0.1, 0.15) is 11.6 Å². The highest BCUT2D eigenvalue weighted by molar-refractivity contribution is 6.02. The Labute approximate surface area is 97.9 Å². The van der Waals surface area contributed by atoms with Crippen molar-refractivity contribution in [2.45, 2.75) is 13.3 Å². The lowest BCUT2D eigenvalue weighted by Gasteiger charge is -2.07. The van der Waals surface area contributed by atoms with E-state index >= 15 is 0 Å². The predicted molar refractivity (Wildman–Crippen MR) is 60.4 cm³/mol. The Morgan fingerprint density at radius 1 is 1.59 bits per heavy atom. The summed E-state index contributed by atoms with van der Waals surface area (Å²) in [4.78, 5) is 10.8. The van der Waals surface area contributed by atoms with Crippen LogP contribution in [-0.2, 0) is 4.74 Å². The van der Waals surface area contributed by atoms with Gasteiger partial charge in [-0.1, -0.05) is 6.92 Å². The summed E-state index contributed by atoms with van der Waals surface area (Å²) >= 11 is 0. The van der Waals surface area contributed by atoms with E-state index < -0.39 is 11.9 Å². The summed E-state index contributed by atoms with van der Waals surface area (Å²) in [6.07, 6.45) is -0.312. The molecule has 1 aromatic rings. The Morgan fingerprint density at radius 3 is 2.88 bits per heavy atom. The molecular formula is C11H13FN2O3. The third-order valence-corrected chi connectivity index (χ3v) is 2.07. The number of hydrogen-bond acceptors (Lipinski definition) is 4. The maximum absolute atomic E-state index is 13.0. The van der Waals surface area contributed by atoms with Crippen molar-refractivity contribution in [1.82, 2.24) is 5.43 Å². The van der Waals surface area contributed by atoms with Gasteiger partial charge < -0.3 is 9.84 Å². The molecule has 0 heterocycles.